The van der Waals surface area contributed by atoms with Gasteiger partial charge in [0.2, 0.25) is 0 Å². The quantitative estimate of drug-likeness (QED) is 0.449. The second-order valence-electron chi connectivity index (χ2n) is 4.35. The van der Waals surface area contributed by atoms with Gasteiger partial charge in [-0.3, -0.25) is 4.79 Å². The molecule has 0 N–H and O–H groups in total. The van der Waals surface area contributed by atoms with E-state index in [1.165, 1.54) is 26.2 Å². The van der Waals surface area contributed by atoms with Gasteiger partial charge in [0.05, 0.1) is 12.5 Å². The molecule has 0 aliphatic heterocycles. The lowest BCUT2D eigenvalue weighted by molar-refractivity contribution is -0.149. The maximum Gasteiger partial charge on any atom is 0.306 e. The summed E-state index contributed by atoms with van der Waals surface area (Å²) in [5, 5.41) is 0. The summed E-state index contributed by atoms with van der Waals surface area (Å²) in [7, 11) is 0. The standard InChI is InChI=1S/C13H24O3/c1-4-5-6-7-8-12(3)16-13(15)10-9-11(2)14/h12H,4-10H2,1-3H3. The summed E-state index contributed by atoms with van der Waals surface area (Å²) in [4.78, 5) is 21.9. The Morgan fingerprint density at radius 1 is 1.12 bits per heavy atom. The topological polar surface area (TPSA) is 43.4 Å². The molecule has 0 spiro atoms. The van der Waals surface area contributed by atoms with Crippen LogP contribution in [0, 0.1) is 0 Å². The molecule has 16 heavy (non-hydrogen) atoms. The summed E-state index contributed by atoms with van der Waals surface area (Å²) in [6.07, 6.45) is 6.18. The number of ether oxygens (including phenoxy) is 1. The molecule has 3 heteroatoms. The van der Waals surface area contributed by atoms with Gasteiger partial charge in [0.1, 0.15) is 5.78 Å². The van der Waals surface area contributed by atoms with Crippen molar-refractivity contribution in [3.63, 3.8) is 0 Å². The number of ketones is 1. The van der Waals surface area contributed by atoms with Gasteiger partial charge >= 0.3 is 5.97 Å². The first kappa shape index (κ1) is 15.1. The van der Waals surface area contributed by atoms with Crippen LogP contribution in [0.1, 0.15) is 65.7 Å². The second-order valence-corrected chi connectivity index (χ2v) is 4.35. The molecule has 0 rings (SSSR count). The molecule has 0 aromatic carbocycles. The van der Waals surface area contributed by atoms with Gasteiger partial charge in [-0.25, -0.2) is 0 Å². The predicted octanol–water partition coefficient (Wildman–Crippen LogP) is 3.26. The van der Waals surface area contributed by atoms with E-state index in [0.717, 1.165) is 12.8 Å². The number of Topliss-reactive ketones (excluding diaryl/α,β-unsaturated/α-hetero) is 1. The number of carbonyl (C=O) groups excluding carboxylic acids is 2. The van der Waals surface area contributed by atoms with E-state index >= 15 is 0 Å². The van der Waals surface area contributed by atoms with Crippen molar-refractivity contribution in [2.24, 2.45) is 0 Å². The molecule has 0 saturated carbocycles. The SMILES string of the molecule is CCCCCCC(C)OC(=O)CCC(C)=O. The fourth-order valence-corrected chi connectivity index (χ4v) is 1.48. The smallest absolute Gasteiger partial charge is 0.306 e. The first-order chi connectivity index (χ1) is 7.56. The molecule has 0 aromatic rings. The zero-order chi connectivity index (χ0) is 12.4. The highest BCUT2D eigenvalue weighted by atomic mass is 16.5. The van der Waals surface area contributed by atoms with Crippen molar-refractivity contribution >= 4 is 11.8 Å². The lowest BCUT2D eigenvalue weighted by Gasteiger charge is -2.12. The van der Waals surface area contributed by atoms with E-state index in [1.54, 1.807) is 0 Å². The van der Waals surface area contributed by atoms with Gasteiger partial charge in [-0.15, -0.1) is 0 Å². The summed E-state index contributed by atoms with van der Waals surface area (Å²) >= 11 is 0. The molecule has 3 nitrogen and oxygen atoms in total. The summed E-state index contributed by atoms with van der Waals surface area (Å²) < 4.78 is 5.19. The Kier molecular flexibility index (Phi) is 8.87. The minimum Gasteiger partial charge on any atom is -0.463 e. The van der Waals surface area contributed by atoms with Crippen molar-refractivity contribution in [1.82, 2.24) is 0 Å². The van der Waals surface area contributed by atoms with Crippen molar-refractivity contribution in [1.29, 1.82) is 0 Å². The highest BCUT2D eigenvalue weighted by molar-refractivity contribution is 5.80. The molecule has 0 aliphatic rings. The van der Waals surface area contributed by atoms with Crippen molar-refractivity contribution in [2.45, 2.75) is 71.8 Å². The maximum atomic E-state index is 11.3. The molecule has 1 unspecified atom stereocenters. The van der Waals surface area contributed by atoms with E-state index in [9.17, 15) is 9.59 Å². The van der Waals surface area contributed by atoms with Crippen molar-refractivity contribution < 1.29 is 14.3 Å². The minimum absolute atomic E-state index is 0.0173. The largest absolute Gasteiger partial charge is 0.463 e. The van der Waals surface area contributed by atoms with Crippen molar-refractivity contribution in [2.75, 3.05) is 0 Å². The number of rotatable bonds is 9. The number of esters is 1. The third-order valence-corrected chi connectivity index (χ3v) is 2.48. The summed E-state index contributed by atoms with van der Waals surface area (Å²) in [5.41, 5.74) is 0. The summed E-state index contributed by atoms with van der Waals surface area (Å²) in [6, 6.07) is 0. The Labute approximate surface area is 98.6 Å². The van der Waals surface area contributed by atoms with Crippen LogP contribution in [0.2, 0.25) is 0 Å². The van der Waals surface area contributed by atoms with Crippen LogP contribution in [0.4, 0.5) is 0 Å². The van der Waals surface area contributed by atoms with Crippen molar-refractivity contribution in [3.05, 3.63) is 0 Å². The third-order valence-electron chi connectivity index (χ3n) is 2.48. The monoisotopic (exact) mass is 228 g/mol. The van der Waals surface area contributed by atoms with Gasteiger partial charge in [-0.2, -0.15) is 0 Å². The van der Waals surface area contributed by atoms with Gasteiger partial charge in [-0.1, -0.05) is 26.2 Å². The van der Waals surface area contributed by atoms with Crippen LogP contribution in [-0.4, -0.2) is 17.9 Å². The molecule has 0 bridgehead atoms. The first-order valence-electron chi connectivity index (χ1n) is 6.25. The fourth-order valence-electron chi connectivity index (χ4n) is 1.48. The van der Waals surface area contributed by atoms with Gasteiger partial charge in [0, 0.05) is 6.42 Å². The van der Waals surface area contributed by atoms with Gasteiger partial charge < -0.3 is 9.53 Å². The highest BCUT2D eigenvalue weighted by Gasteiger charge is 2.09. The van der Waals surface area contributed by atoms with Crippen LogP contribution in [-0.2, 0) is 14.3 Å². The van der Waals surface area contributed by atoms with E-state index in [-0.39, 0.29) is 24.3 Å². The van der Waals surface area contributed by atoms with Crippen molar-refractivity contribution in [3.8, 4) is 0 Å². The number of unbranched alkanes of at least 4 members (excludes halogenated alkanes) is 3. The number of hydrogen-bond acceptors (Lipinski definition) is 3. The highest BCUT2D eigenvalue weighted by Crippen LogP contribution is 2.09. The Morgan fingerprint density at radius 2 is 1.81 bits per heavy atom. The lowest BCUT2D eigenvalue weighted by Crippen LogP contribution is -2.15. The molecule has 1 atom stereocenters. The minimum atomic E-state index is -0.252. The zero-order valence-corrected chi connectivity index (χ0v) is 10.8. The Balaban J connectivity index is 3.50. The Bertz CT molecular complexity index is 211. The Hall–Kier alpha value is -0.860. The van der Waals surface area contributed by atoms with E-state index in [2.05, 4.69) is 6.92 Å². The molecule has 0 aliphatic carbocycles. The van der Waals surface area contributed by atoms with E-state index in [4.69, 9.17) is 4.74 Å². The number of hydrogen-bond donors (Lipinski definition) is 0. The lowest BCUT2D eigenvalue weighted by atomic mass is 10.1. The summed E-state index contributed by atoms with van der Waals surface area (Å²) in [6.45, 7) is 5.57. The third kappa shape index (κ3) is 9.69. The van der Waals surface area contributed by atoms with Gasteiger partial charge in [0.25, 0.3) is 0 Å². The van der Waals surface area contributed by atoms with Crippen LogP contribution in [0.5, 0.6) is 0 Å². The normalized spacial score (nSPS) is 12.2. The molecular formula is C13H24O3. The molecule has 0 heterocycles. The second kappa shape index (κ2) is 9.37. The molecule has 0 radical (unpaired) electrons. The zero-order valence-electron chi connectivity index (χ0n) is 10.8. The van der Waals surface area contributed by atoms with Gasteiger partial charge in [-0.05, 0) is 26.7 Å². The molecule has 94 valence electrons. The van der Waals surface area contributed by atoms with Crippen LogP contribution in [0.25, 0.3) is 0 Å². The van der Waals surface area contributed by atoms with Crippen LogP contribution in [0.15, 0.2) is 0 Å². The van der Waals surface area contributed by atoms with Gasteiger partial charge in [0.15, 0.2) is 0 Å². The number of carbonyl (C=O) groups is 2. The predicted molar refractivity (Wildman–Crippen MR) is 64.2 cm³/mol. The molecule has 0 aromatic heterocycles. The van der Waals surface area contributed by atoms with Crippen LogP contribution >= 0.6 is 0 Å². The van der Waals surface area contributed by atoms with E-state index in [0.29, 0.717) is 6.42 Å². The molecule has 0 saturated heterocycles. The van der Waals surface area contributed by atoms with Crippen LogP contribution in [0.3, 0.4) is 0 Å². The van der Waals surface area contributed by atoms with E-state index < -0.39 is 0 Å². The molecular weight excluding hydrogens is 204 g/mol. The van der Waals surface area contributed by atoms with E-state index in [1.807, 2.05) is 6.92 Å². The maximum absolute atomic E-state index is 11.3. The Morgan fingerprint density at radius 3 is 2.38 bits per heavy atom. The average molecular weight is 228 g/mol. The summed E-state index contributed by atoms with van der Waals surface area (Å²) in [5.74, 6) is -0.217. The average Bonchev–Trinajstić information content (AvgIpc) is 2.21. The first-order valence-corrected chi connectivity index (χ1v) is 6.25. The van der Waals surface area contributed by atoms with Crippen LogP contribution < -0.4 is 0 Å². The molecule has 0 amide bonds. The molecule has 0 fully saturated rings. The fraction of sp³-hybridized carbons (Fsp3) is 0.846.